The van der Waals surface area contributed by atoms with E-state index in [9.17, 15) is 4.79 Å². The first-order valence-electron chi connectivity index (χ1n) is 10.0. The van der Waals surface area contributed by atoms with Crippen LogP contribution in [0.2, 0.25) is 0 Å². The summed E-state index contributed by atoms with van der Waals surface area (Å²) in [6.45, 7) is 11.7. The van der Waals surface area contributed by atoms with Gasteiger partial charge in [-0.15, -0.1) is 0 Å². The van der Waals surface area contributed by atoms with E-state index in [0.717, 1.165) is 57.2 Å². The molecule has 1 saturated carbocycles. The zero-order valence-electron chi connectivity index (χ0n) is 17.1. The molecular weight excluding hydrogens is 342 g/mol. The van der Waals surface area contributed by atoms with Gasteiger partial charge in [0.05, 0.1) is 18.8 Å². The zero-order valence-corrected chi connectivity index (χ0v) is 17.1. The summed E-state index contributed by atoms with van der Waals surface area (Å²) in [5.74, 6) is 1.11. The molecule has 0 radical (unpaired) electrons. The number of rotatable bonds is 6. The quantitative estimate of drug-likeness (QED) is 0.556. The van der Waals surface area contributed by atoms with Crippen LogP contribution < -0.4 is 10.6 Å². The lowest BCUT2D eigenvalue weighted by Crippen LogP contribution is -2.54. The number of piperazine rings is 1. The maximum atomic E-state index is 12.0. The van der Waals surface area contributed by atoms with Gasteiger partial charge in [0.1, 0.15) is 0 Å². The van der Waals surface area contributed by atoms with Crippen molar-refractivity contribution in [2.75, 3.05) is 39.3 Å². The molecule has 8 nitrogen and oxygen atoms in total. The lowest BCUT2D eigenvalue weighted by atomic mass is 10.2. The van der Waals surface area contributed by atoms with Crippen LogP contribution >= 0.6 is 0 Å². The van der Waals surface area contributed by atoms with Gasteiger partial charge in [-0.1, -0.05) is 0 Å². The first-order chi connectivity index (χ1) is 13.0. The van der Waals surface area contributed by atoms with E-state index in [0.29, 0.717) is 19.1 Å². The average Bonchev–Trinajstić information content (AvgIpc) is 3.41. The predicted octanol–water partition coefficient (Wildman–Crippen LogP) is 0.399. The van der Waals surface area contributed by atoms with Gasteiger partial charge in [0.2, 0.25) is 5.91 Å². The molecule has 27 heavy (non-hydrogen) atoms. The van der Waals surface area contributed by atoms with Gasteiger partial charge >= 0.3 is 0 Å². The molecule has 2 heterocycles. The molecule has 1 aliphatic carbocycles. The van der Waals surface area contributed by atoms with Crippen LogP contribution in [-0.4, -0.2) is 76.8 Å². The van der Waals surface area contributed by atoms with Crippen molar-refractivity contribution in [3.63, 3.8) is 0 Å². The minimum atomic E-state index is 0.161. The largest absolute Gasteiger partial charge is 0.357 e. The topological polar surface area (TPSA) is 77.8 Å². The molecule has 1 amide bonds. The summed E-state index contributed by atoms with van der Waals surface area (Å²) in [7, 11) is 1.97. The van der Waals surface area contributed by atoms with Crippen LogP contribution in [0.1, 0.15) is 36.7 Å². The standard InChI is InChI=1S/C19H33N7O/c1-5-20-19(21-12-17-14(2)23-24(4)15(17)3)26-10-8-25(9-11-26)13-18(27)22-16-6-7-16/h16H,5-13H2,1-4H3,(H,20,21)(H,22,27). The number of carbonyl (C=O) groups excluding carboxylic acids is 1. The number of amides is 1. The monoisotopic (exact) mass is 375 g/mol. The Bertz CT molecular complexity index is 684. The summed E-state index contributed by atoms with van der Waals surface area (Å²) >= 11 is 0. The summed E-state index contributed by atoms with van der Waals surface area (Å²) in [4.78, 5) is 21.4. The number of guanidine groups is 1. The fourth-order valence-corrected chi connectivity index (χ4v) is 3.45. The molecule has 1 aromatic rings. The van der Waals surface area contributed by atoms with E-state index in [2.05, 4.69) is 39.4 Å². The number of hydrogen-bond acceptors (Lipinski definition) is 4. The Labute approximate surface area is 162 Å². The van der Waals surface area contributed by atoms with Crippen LogP contribution in [0.15, 0.2) is 4.99 Å². The van der Waals surface area contributed by atoms with Crippen LogP contribution in [-0.2, 0) is 18.4 Å². The number of aryl methyl sites for hydroxylation is 2. The molecule has 8 heteroatoms. The minimum Gasteiger partial charge on any atom is -0.357 e. The molecule has 150 valence electrons. The van der Waals surface area contributed by atoms with Gasteiger partial charge in [0.25, 0.3) is 0 Å². The first-order valence-corrected chi connectivity index (χ1v) is 10.0. The SMILES string of the molecule is CCNC(=NCc1c(C)nn(C)c1C)N1CCN(CC(=O)NC2CC2)CC1. The minimum absolute atomic E-state index is 0.161. The highest BCUT2D eigenvalue weighted by molar-refractivity contribution is 5.80. The van der Waals surface area contributed by atoms with Crippen molar-refractivity contribution >= 4 is 11.9 Å². The van der Waals surface area contributed by atoms with E-state index >= 15 is 0 Å². The summed E-state index contributed by atoms with van der Waals surface area (Å²) in [5, 5.41) is 11.0. The lowest BCUT2D eigenvalue weighted by Gasteiger charge is -2.36. The van der Waals surface area contributed by atoms with Gasteiger partial charge in [0, 0.05) is 57.1 Å². The van der Waals surface area contributed by atoms with Gasteiger partial charge in [-0.25, -0.2) is 4.99 Å². The van der Waals surface area contributed by atoms with Crippen LogP contribution in [0.25, 0.3) is 0 Å². The third kappa shape index (κ3) is 5.22. The molecule has 1 saturated heterocycles. The second kappa shape index (κ2) is 8.73. The van der Waals surface area contributed by atoms with Gasteiger partial charge in [0.15, 0.2) is 5.96 Å². The van der Waals surface area contributed by atoms with Gasteiger partial charge in [-0.3, -0.25) is 14.4 Å². The van der Waals surface area contributed by atoms with E-state index < -0.39 is 0 Å². The number of hydrogen-bond donors (Lipinski definition) is 2. The second-order valence-corrected chi connectivity index (χ2v) is 7.55. The number of aliphatic imine (C=N–C) groups is 1. The Morgan fingerprint density at radius 2 is 1.93 bits per heavy atom. The fourth-order valence-electron chi connectivity index (χ4n) is 3.45. The van der Waals surface area contributed by atoms with Gasteiger partial charge < -0.3 is 15.5 Å². The van der Waals surface area contributed by atoms with E-state index in [-0.39, 0.29) is 5.91 Å². The highest BCUT2D eigenvalue weighted by Gasteiger charge is 2.26. The predicted molar refractivity (Wildman–Crippen MR) is 107 cm³/mol. The Balaban J connectivity index is 1.54. The maximum Gasteiger partial charge on any atom is 0.234 e. The Hall–Kier alpha value is -2.09. The number of nitrogens with one attached hydrogen (secondary N) is 2. The Kier molecular flexibility index (Phi) is 6.36. The third-order valence-electron chi connectivity index (χ3n) is 5.36. The summed E-state index contributed by atoms with van der Waals surface area (Å²) < 4.78 is 1.92. The van der Waals surface area contributed by atoms with Crippen molar-refractivity contribution in [1.82, 2.24) is 30.2 Å². The smallest absolute Gasteiger partial charge is 0.234 e. The lowest BCUT2D eigenvalue weighted by molar-refractivity contribution is -0.122. The second-order valence-electron chi connectivity index (χ2n) is 7.55. The normalized spacial score (nSPS) is 18.7. The van der Waals surface area contributed by atoms with E-state index in [1.165, 1.54) is 11.3 Å². The van der Waals surface area contributed by atoms with Crippen LogP contribution in [0.3, 0.4) is 0 Å². The molecule has 0 bridgehead atoms. The molecule has 2 N–H and O–H groups in total. The zero-order chi connectivity index (χ0) is 19.4. The molecule has 1 aromatic heterocycles. The molecule has 0 spiro atoms. The van der Waals surface area contributed by atoms with E-state index in [1.54, 1.807) is 0 Å². The van der Waals surface area contributed by atoms with Crippen LogP contribution in [0, 0.1) is 13.8 Å². The molecule has 1 aliphatic heterocycles. The van der Waals surface area contributed by atoms with E-state index in [4.69, 9.17) is 4.99 Å². The van der Waals surface area contributed by atoms with Gasteiger partial charge in [-0.2, -0.15) is 5.10 Å². The highest BCUT2D eigenvalue weighted by Crippen LogP contribution is 2.18. The van der Waals surface area contributed by atoms with Crippen molar-refractivity contribution in [3.8, 4) is 0 Å². The molecule has 0 aromatic carbocycles. The molecule has 0 atom stereocenters. The molecule has 2 aliphatic rings. The van der Waals surface area contributed by atoms with Crippen molar-refractivity contribution in [3.05, 3.63) is 17.0 Å². The maximum absolute atomic E-state index is 12.0. The van der Waals surface area contributed by atoms with Crippen molar-refractivity contribution in [2.24, 2.45) is 12.0 Å². The number of nitrogens with zero attached hydrogens (tertiary/aromatic N) is 5. The van der Waals surface area contributed by atoms with Crippen LogP contribution in [0.4, 0.5) is 0 Å². The molecule has 3 rings (SSSR count). The van der Waals surface area contributed by atoms with Gasteiger partial charge in [-0.05, 0) is 33.6 Å². The van der Waals surface area contributed by atoms with Crippen molar-refractivity contribution in [1.29, 1.82) is 0 Å². The van der Waals surface area contributed by atoms with E-state index in [1.807, 2.05) is 18.7 Å². The van der Waals surface area contributed by atoms with Crippen molar-refractivity contribution < 1.29 is 4.79 Å². The number of aromatic nitrogens is 2. The molecular formula is C19H33N7O. The Morgan fingerprint density at radius 3 is 2.48 bits per heavy atom. The average molecular weight is 376 g/mol. The third-order valence-corrected chi connectivity index (χ3v) is 5.36. The highest BCUT2D eigenvalue weighted by atomic mass is 16.2. The molecule has 2 fully saturated rings. The van der Waals surface area contributed by atoms with Crippen molar-refractivity contribution in [2.45, 2.75) is 46.2 Å². The van der Waals surface area contributed by atoms with Crippen LogP contribution in [0.5, 0.6) is 0 Å². The summed E-state index contributed by atoms with van der Waals surface area (Å²) in [5.41, 5.74) is 3.41. The fraction of sp³-hybridized carbons (Fsp3) is 0.737. The summed E-state index contributed by atoms with van der Waals surface area (Å²) in [6, 6.07) is 0.436. The molecule has 0 unspecified atom stereocenters. The number of carbonyl (C=O) groups is 1. The Morgan fingerprint density at radius 1 is 1.22 bits per heavy atom. The summed E-state index contributed by atoms with van der Waals surface area (Å²) in [6.07, 6.45) is 2.27. The first kappa shape index (κ1) is 19.7.